The lowest BCUT2D eigenvalue weighted by Crippen LogP contribution is -2.12. The third-order valence-corrected chi connectivity index (χ3v) is 3.46. The van der Waals surface area contributed by atoms with Crippen molar-refractivity contribution in [2.24, 2.45) is 0 Å². The van der Waals surface area contributed by atoms with Gasteiger partial charge >= 0.3 is 0 Å². The highest BCUT2D eigenvalue weighted by Gasteiger charge is 2.18. The molecule has 0 radical (unpaired) electrons. The molecule has 0 bridgehead atoms. The highest BCUT2D eigenvalue weighted by molar-refractivity contribution is 6.10. The molecule has 3 N–H and O–H groups in total. The number of hydrogen-bond donors (Lipinski definition) is 2. The van der Waals surface area contributed by atoms with E-state index in [4.69, 9.17) is 10.2 Å². The standard InChI is InChI=1S/C17H16N2O2/c1-2-11-7-9-12(10-8-11)19-17(20)16-15(18)13-5-3-4-6-14(13)21-16/h3-10H,2,18H2,1H3,(H,19,20). The van der Waals surface area contributed by atoms with Crippen LogP contribution in [0.4, 0.5) is 11.4 Å². The summed E-state index contributed by atoms with van der Waals surface area (Å²) in [6.45, 7) is 2.09. The minimum absolute atomic E-state index is 0.149. The smallest absolute Gasteiger partial charge is 0.293 e. The summed E-state index contributed by atoms with van der Waals surface area (Å²) in [6.07, 6.45) is 0.963. The third kappa shape index (κ3) is 2.48. The number of nitrogens with two attached hydrogens (primary N) is 1. The van der Waals surface area contributed by atoms with Crippen molar-refractivity contribution in [3.05, 3.63) is 59.9 Å². The summed E-state index contributed by atoms with van der Waals surface area (Å²) in [5, 5.41) is 3.55. The molecule has 0 aliphatic rings. The van der Waals surface area contributed by atoms with E-state index in [9.17, 15) is 4.79 Å². The maximum atomic E-state index is 12.3. The van der Waals surface area contributed by atoms with Crippen molar-refractivity contribution < 1.29 is 9.21 Å². The van der Waals surface area contributed by atoms with Gasteiger partial charge in [0.2, 0.25) is 5.76 Å². The van der Waals surface area contributed by atoms with Crippen molar-refractivity contribution in [3.63, 3.8) is 0 Å². The quantitative estimate of drug-likeness (QED) is 0.766. The number of nitrogens with one attached hydrogen (secondary N) is 1. The number of carbonyl (C=O) groups is 1. The van der Waals surface area contributed by atoms with Crippen LogP contribution in [0.1, 0.15) is 23.0 Å². The van der Waals surface area contributed by atoms with Crippen LogP contribution < -0.4 is 11.1 Å². The van der Waals surface area contributed by atoms with E-state index in [-0.39, 0.29) is 11.7 Å². The summed E-state index contributed by atoms with van der Waals surface area (Å²) in [5.74, 6) is -0.191. The van der Waals surface area contributed by atoms with Crippen LogP contribution in [0, 0.1) is 0 Å². The van der Waals surface area contributed by atoms with Crippen LogP contribution >= 0.6 is 0 Å². The largest absolute Gasteiger partial charge is 0.449 e. The van der Waals surface area contributed by atoms with E-state index >= 15 is 0 Å². The lowest BCUT2D eigenvalue weighted by molar-refractivity contribution is 0.1000. The number of carbonyl (C=O) groups excluding carboxylic acids is 1. The predicted molar refractivity (Wildman–Crippen MR) is 84.4 cm³/mol. The molecule has 1 aromatic heterocycles. The number of aryl methyl sites for hydroxylation is 1. The maximum absolute atomic E-state index is 12.3. The third-order valence-electron chi connectivity index (χ3n) is 3.46. The molecule has 0 aliphatic carbocycles. The van der Waals surface area contributed by atoms with Crippen molar-refractivity contribution in [3.8, 4) is 0 Å². The van der Waals surface area contributed by atoms with E-state index in [1.54, 1.807) is 6.07 Å². The lowest BCUT2D eigenvalue weighted by Gasteiger charge is -2.04. The molecular formula is C17H16N2O2. The highest BCUT2D eigenvalue weighted by atomic mass is 16.3. The molecule has 4 nitrogen and oxygen atoms in total. The van der Waals surface area contributed by atoms with Crippen LogP contribution in [-0.4, -0.2) is 5.91 Å². The van der Waals surface area contributed by atoms with E-state index in [0.29, 0.717) is 11.3 Å². The summed E-state index contributed by atoms with van der Waals surface area (Å²) in [5.41, 5.74) is 8.90. The Morgan fingerprint density at radius 2 is 1.86 bits per heavy atom. The molecular weight excluding hydrogens is 264 g/mol. The molecule has 2 aromatic carbocycles. The van der Waals surface area contributed by atoms with Crippen LogP contribution in [0.2, 0.25) is 0 Å². The Morgan fingerprint density at radius 3 is 2.52 bits per heavy atom. The molecule has 3 rings (SSSR count). The van der Waals surface area contributed by atoms with Gasteiger partial charge in [0.25, 0.3) is 5.91 Å². The SMILES string of the molecule is CCc1ccc(NC(=O)c2oc3ccccc3c2N)cc1. The Balaban J connectivity index is 1.87. The summed E-state index contributed by atoms with van der Waals surface area (Å²) in [6, 6.07) is 15.0. The summed E-state index contributed by atoms with van der Waals surface area (Å²) < 4.78 is 5.54. The monoisotopic (exact) mass is 280 g/mol. The number of anilines is 2. The zero-order valence-electron chi connectivity index (χ0n) is 11.7. The van der Waals surface area contributed by atoms with Gasteiger partial charge in [0.15, 0.2) is 0 Å². The van der Waals surface area contributed by atoms with Gasteiger partial charge < -0.3 is 15.5 Å². The van der Waals surface area contributed by atoms with E-state index in [2.05, 4.69) is 12.2 Å². The van der Waals surface area contributed by atoms with Crippen molar-refractivity contribution in [1.29, 1.82) is 0 Å². The van der Waals surface area contributed by atoms with E-state index < -0.39 is 0 Å². The Labute approximate surface area is 122 Å². The number of fused-ring (bicyclic) bond motifs is 1. The van der Waals surface area contributed by atoms with E-state index in [0.717, 1.165) is 17.5 Å². The lowest BCUT2D eigenvalue weighted by atomic mass is 10.1. The average Bonchev–Trinajstić information content (AvgIpc) is 2.86. The number of amides is 1. The van der Waals surface area contributed by atoms with Gasteiger partial charge in [-0.25, -0.2) is 0 Å². The summed E-state index contributed by atoms with van der Waals surface area (Å²) >= 11 is 0. The van der Waals surface area contributed by atoms with Crippen molar-refractivity contribution in [1.82, 2.24) is 0 Å². The molecule has 3 aromatic rings. The first-order chi connectivity index (χ1) is 10.2. The van der Waals surface area contributed by atoms with Gasteiger partial charge in [-0.05, 0) is 36.2 Å². The molecule has 1 amide bonds. The van der Waals surface area contributed by atoms with Crippen LogP contribution in [-0.2, 0) is 6.42 Å². The van der Waals surface area contributed by atoms with Gasteiger partial charge in [0.05, 0.1) is 5.69 Å². The molecule has 0 fully saturated rings. The first kappa shape index (κ1) is 13.2. The Kier molecular flexibility index (Phi) is 3.36. The van der Waals surface area contributed by atoms with Crippen LogP contribution in [0.15, 0.2) is 52.9 Å². The van der Waals surface area contributed by atoms with Gasteiger partial charge in [-0.15, -0.1) is 0 Å². The number of benzene rings is 2. The molecule has 21 heavy (non-hydrogen) atoms. The van der Waals surface area contributed by atoms with Crippen molar-refractivity contribution in [2.75, 3.05) is 11.1 Å². The Hall–Kier alpha value is -2.75. The number of rotatable bonds is 3. The predicted octanol–water partition coefficient (Wildman–Crippen LogP) is 3.83. The molecule has 0 aliphatic heterocycles. The second kappa shape index (κ2) is 5.32. The number of furan rings is 1. The number of hydrogen-bond acceptors (Lipinski definition) is 3. The van der Waals surface area contributed by atoms with Gasteiger partial charge in [0, 0.05) is 11.1 Å². The molecule has 0 spiro atoms. The van der Waals surface area contributed by atoms with Crippen molar-refractivity contribution in [2.45, 2.75) is 13.3 Å². The highest BCUT2D eigenvalue weighted by Crippen LogP contribution is 2.28. The Bertz CT molecular complexity index is 788. The second-order valence-electron chi connectivity index (χ2n) is 4.85. The molecule has 4 heteroatoms. The number of nitrogen functional groups attached to an aromatic ring is 1. The minimum atomic E-state index is -0.340. The second-order valence-corrected chi connectivity index (χ2v) is 4.85. The van der Waals surface area contributed by atoms with Gasteiger partial charge in [-0.1, -0.05) is 31.2 Å². The first-order valence-corrected chi connectivity index (χ1v) is 6.86. The fourth-order valence-corrected chi connectivity index (χ4v) is 2.25. The molecule has 0 unspecified atom stereocenters. The fourth-order valence-electron chi connectivity index (χ4n) is 2.25. The summed E-state index contributed by atoms with van der Waals surface area (Å²) in [4.78, 5) is 12.3. The molecule has 0 saturated carbocycles. The number of para-hydroxylation sites is 1. The van der Waals surface area contributed by atoms with Crippen molar-refractivity contribution >= 4 is 28.3 Å². The first-order valence-electron chi connectivity index (χ1n) is 6.86. The Morgan fingerprint density at radius 1 is 1.14 bits per heavy atom. The van der Waals surface area contributed by atoms with Crippen LogP contribution in [0.3, 0.4) is 0 Å². The van der Waals surface area contributed by atoms with E-state index in [1.807, 2.05) is 42.5 Å². The topological polar surface area (TPSA) is 68.3 Å². The minimum Gasteiger partial charge on any atom is -0.449 e. The van der Waals surface area contributed by atoms with Gasteiger partial charge in [0.1, 0.15) is 5.58 Å². The fraction of sp³-hybridized carbons (Fsp3) is 0.118. The zero-order valence-corrected chi connectivity index (χ0v) is 11.7. The molecule has 0 saturated heterocycles. The van der Waals surface area contributed by atoms with Gasteiger partial charge in [-0.2, -0.15) is 0 Å². The molecule has 106 valence electrons. The zero-order chi connectivity index (χ0) is 14.8. The van der Waals surface area contributed by atoms with Crippen LogP contribution in [0.5, 0.6) is 0 Å². The normalized spacial score (nSPS) is 10.7. The van der Waals surface area contributed by atoms with Crippen LogP contribution in [0.25, 0.3) is 11.0 Å². The maximum Gasteiger partial charge on any atom is 0.293 e. The molecule has 0 atom stereocenters. The molecule has 1 heterocycles. The van der Waals surface area contributed by atoms with Gasteiger partial charge in [-0.3, -0.25) is 4.79 Å². The summed E-state index contributed by atoms with van der Waals surface area (Å²) in [7, 11) is 0. The van der Waals surface area contributed by atoms with E-state index in [1.165, 1.54) is 5.56 Å². The average molecular weight is 280 g/mol.